The molecule has 32 heavy (non-hydrogen) atoms. The van der Waals surface area contributed by atoms with Crippen LogP contribution in [0.3, 0.4) is 0 Å². The normalized spacial score (nSPS) is 17.9. The molecule has 0 radical (unpaired) electrons. The number of ether oxygens (including phenoxy) is 2. The van der Waals surface area contributed by atoms with Crippen LogP contribution in [0.5, 0.6) is 11.5 Å². The van der Waals surface area contributed by atoms with Gasteiger partial charge in [0.1, 0.15) is 12.6 Å². The number of nitrogens with zero attached hydrogens (tertiary/aromatic N) is 2. The molecule has 2 atom stereocenters. The molecule has 1 aliphatic heterocycles. The molecular formula is C22H20N4O6. The number of hydrogen-bond donors (Lipinski definition) is 2. The molecule has 2 aromatic carbocycles. The topological polar surface area (TPSA) is 144 Å². The lowest BCUT2D eigenvalue weighted by Gasteiger charge is -2.23. The van der Waals surface area contributed by atoms with Gasteiger partial charge in [0.05, 0.1) is 18.2 Å². The van der Waals surface area contributed by atoms with Crippen LogP contribution in [0.4, 0.5) is 4.79 Å². The number of carbonyl (C=O) groups is 2. The lowest BCUT2D eigenvalue weighted by Crippen LogP contribution is -2.62. The maximum Gasteiger partial charge on any atom is 0.322 e. The van der Waals surface area contributed by atoms with Gasteiger partial charge in [-0.25, -0.2) is 4.79 Å². The van der Waals surface area contributed by atoms with Crippen LogP contribution >= 0.6 is 0 Å². The van der Waals surface area contributed by atoms with Crippen LogP contribution < -0.4 is 20.1 Å². The first-order valence-electron chi connectivity index (χ1n) is 9.73. The van der Waals surface area contributed by atoms with E-state index in [2.05, 4.69) is 11.4 Å². The summed E-state index contributed by atoms with van der Waals surface area (Å²) in [5.41, 5.74) is 1.88. The van der Waals surface area contributed by atoms with Crippen molar-refractivity contribution in [2.75, 3.05) is 6.61 Å². The van der Waals surface area contributed by atoms with Gasteiger partial charge >= 0.3 is 18.0 Å². The second-order valence-corrected chi connectivity index (χ2v) is 6.77. The molecule has 2 aromatic rings. The molecule has 1 fully saturated rings. The van der Waals surface area contributed by atoms with E-state index in [9.17, 15) is 25.0 Å². The summed E-state index contributed by atoms with van der Waals surface area (Å²) in [6.07, 6.45) is 2.94. The summed E-state index contributed by atoms with van der Waals surface area (Å²) >= 11 is 0. The van der Waals surface area contributed by atoms with E-state index in [0.717, 1.165) is 5.56 Å². The van der Waals surface area contributed by atoms with E-state index < -0.39 is 28.9 Å². The number of carbonyl (C=O) groups excluding carboxylic acids is 2. The van der Waals surface area contributed by atoms with E-state index in [4.69, 9.17) is 9.47 Å². The van der Waals surface area contributed by atoms with E-state index in [0.29, 0.717) is 29.2 Å². The number of benzene rings is 2. The van der Waals surface area contributed by atoms with Crippen LogP contribution in [0.1, 0.15) is 23.6 Å². The Labute approximate surface area is 183 Å². The van der Waals surface area contributed by atoms with E-state index in [-0.39, 0.29) is 6.61 Å². The number of nitrogens with one attached hydrogen (secondary N) is 2. The zero-order valence-corrected chi connectivity index (χ0v) is 17.1. The number of nitriles is 1. The van der Waals surface area contributed by atoms with Gasteiger partial charge in [-0.15, -0.1) is 0 Å². The Hall–Kier alpha value is -4.39. The minimum absolute atomic E-state index is 0.173. The molecule has 10 heteroatoms. The van der Waals surface area contributed by atoms with Crippen molar-refractivity contribution in [2.45, 2.75) is 25.6 Å². The van der Waals surface area contributed by atoms with Gasteiger partial charge in [-0.3, -0.25) is 20.2 Å². The highest BCUT2D eigenvalue weighted by Crippen LogP contribution is 2.30. The zero-order chi connectivity index (χ0) is 23.1. The summed E-state index contributed by atoms with van der Waals surface area (Å²) in [7, 11) is 0. The molecule has 0 spiro atoms. The Bertz CT molecular complexity index is 1110. The standard InChI is InChI=1S/C22H20N4O6/c1-2-31-19-11-14(7-9-17-20(26(29)30)21(27)25-22(28)24-17)8-10-18(19)32-13-16-6-4-3-5-15(16)12-23/h3-11,17,20H,2,13H2,1H3,(H2,24,25,27,28)/b9-7-. The lowest BCUT2D eigenvalue weighted by molar-refractivity contribution is -0.510. The Morgan fingerprint density at radius 3 is 2.69 bits per heavy atom. The summed E-state index contributed by atoms with van der Waals surface area (Å²) in [4.78, 5) is 33.8. The molecule has 1 saturated heterocycles. The Morgan fingerprint density at radius 2 is 1.97 bits per heavy atom. The minimum atomic E-state index is -1.63. The molecule has 1 aliphatic rings. The fourth-order valence-corrected chi connectivity index (χ4v) is 3.14. The van der Waals surface area contributed by atoms with Crippen LogP contribution in [-0.2, 0) is 11.4 Å². The third kappa shape index (κ3) is 5.20. The average Bonchev–Trinajstić information content (AvgIpc) is 2.76. The number of nitro groups is 1. The molecule has 2 N–H and O–H groups in total. The third-order valence-corrected chi connectivity index (χ3v) is 4.66. The van der Waals surface area contributed by atoms with E-state index in [1.165, 1.54) is 6.08 Å². The van der Waals surface area contributed by atoms with Crippen LogP contribution in [0.2, 0.25) is 0 Å². The average molecular weight is 436 g/mol. The molecule has 3 amide bonds. The summed E-state index contributed by atoms with van der Waals surface area (Å²) in [6.45, 7) is 2.36. The fourth-order valence-electron chi connectivity index (χ4n) is 3.14. The Balaban J connectivity index is 1.79. The van der Waals surface area contributed by atoms with Crippen molar-refractivity contribution >= 4 is 18.0 Å². The Kier molecular flexibility index (Phi) is 7.02. The van der Waals surface area contributed by atoms with Crippen molar-refractivity contribution < 1.29 is 24.0 Å². The molecule has 0 bridgehead atoms. The van der Waals surface area contributed by atoms with Crippen molar-refractivity contribution in [3.05, 3.63) is 75.3 Å². The SMILES string of the molecule is CCOc1cc(/C=C\C2NC(=O)NC(=O)C2[N+](=O)[O-])ccc1OCc1ccccc1C#N. The first-order chi connectivity index (χ1) is 15.4. The monoisotopic (exact) mass is 436 g/mol. The second-order valence-electron chi connectivity index (χ2n) is 6.77. The number of hydrogen-bond acceptors (Lipinski definition) is 7. The quantitative estimate of drug-likeness (QED) is 0.478. The molecule has 0 aromatic heterocycles. The zero-order valence-electron chi connectivity index (χ0n) is 17.1. The van der Waals surface area contributed by atoms with Gasteiger partial charge in [0.15, 0.2) is 11.5 Å². The van der Waals surface area contributed by atoms with Gasteiger partial charge in [0, 0.05) is 10.5 Å². The first kappa shape index (κ1) is 22.3. The highest BCUT2D eigenvalue weighted by molar-refractivity contribution is 6.00. The first-order valence-corrected chi connectivity index (χ1v) is 9.73. The molecule has 2 unspecified atom stereocenters. The van der Waals surface area contributed by atoms with Gasteiger partial charge in [-0.1, -0.05) is 36.4 Å². The van der Waals surface area contributed by atoms with Crippen molar-refractivity contribution in [3.8, 4) is 17.6 Å². The van der Waals surface area contributed by atoms with Crippen molar-refractivity contribution in [1.82, 2.24) is 10.6 Å². The number of amides is 3. The van der Waals surface area contributed by atoms with Crippen molar-refractivity contribution in [1.29, 1.82) is 5.26 Å². The van der Waals surface area contributed by atoms with Gasteiger partial charge in [-0.2, -0.15) is 5.26 Å². The summed E-state index contributed by atoms with van der Waals surface area (Å²) in [6, 6.07) is 10.8. The second kappa shape index (κ2) is 10.1. The van der Waals surface area contributed by atoms with Crippen LogP contribution in [0.25, 0.3) is 6.08 Å². The highest BCUT2D eigenvalue weighted by atomic mass is 16.6. The number of rotatable bonds is 8. The number of urea groups is 1. The van der Waals surface area contributed by atoms with Gasteiger partial charge in [0.25, 0.3) is 0 Å². The van der Waals surface area contributed by atoms with Crippen LogP contribution in [0, 0.1) is 21.4 Å². The molecule has 3 rings (SSSR count). The summed E-state index contributed by atoms with van der Waals surface area (Å²) in [5.74, 6) is -0.0598. The third-order valence-electron chi connectivity index (χ3n) is 4.66. The number of imide groups is 1. The summed E-state index contributed by atoms with van der Waals surface area (Å²) < 4.78 is 11.5. The summed E-state index contributed by atoms with van der Waals surface area (Å²) in [5, 5.41) is 24.7. The van der Waals surface area contributed by atoms with Crippen LogP contribution in [-0.4, -0.2) is 35.6 Å². The molecule has 0 aliphatic carbocycles. The Morgan fingerprint density at radius 1 is 1.19 bits per heavy atom. The maximum atomic E-state index is 11.8. The molecule has 164 valence electrons. The largest absolute Gasteiger partial charge is 0.490 e. The van der Waals surface area contributed by atoms with Gasteiger partial charge in [0.2, 0.25) is 0 Å². The highest BCUT2D eigenvalue weighted by Gasteiger charge is 2.43. The van der Waals surface area contributed by atoms with Crippen molar-refractivity contribution in [3.63, 3.8) is 0 Å². The molecule has 1 heterocycles. The maximum absolute atomic E-state index is 11.8. The van der Waals surface area contributed by atoms with E-state index in [1.807, 2.05) is 18.3 Å². The predicted molar refractivity (Wildman–Crippen MR) is 113 cm³/mol. The smallest absolute Gasteiger partial charge is 0.322 e. The van der Waals surface area contributed by atoms with Crippen molar-refractivity contribution in [2.24, 2.45) is 0 Å². The predicted octanol–water partition coefficient (Wildman–Crippen LogP) is 2.40. The van der Waals surface area contributed by atoms with Gasteiger partial charge < -0.3 is 14.8 Å². The molecule has 10 nitrogen and oxygen atoms in total. The van der Waals surface area contributed by atoms with Gasteiger partial charge in [-0.05, 0) is 30.7 Å². The fraction of sp³-hybridized carbons (Fsp3) is 0.227. The minimum Gasteiger partial charge on any atom is -0.490 e. The van der Waals surface area contributed by atoms with E-state index >= 15 is 0 Å². The van der Waals surface area contributed by atoms with Crippen LogP contribution in [0.15, 0.2) is 48.5 Å². The molecule has 0 saturated carbocycles. The molecular weight excluding hydrogens is 416 g/mol. The van der Waals surface area contributed by atoms with E-state index in [1.54, 1.807) is 42.5 Å². The lowest BCUT2D eigenvalue weighted by atomic mass is 10.0.